The number of rotatable bonds is 6. The lowest BCUT2D eigenvalue weighted by Crippen LogP contribution is -2.24. The molecule has 0 spiro atoms. The van der Waals surface area contributed by atoms with Gasteiger partial charge in [-0.1, -0.05) is 31.2 Å². The van der Waals surface area contributed by atoms with Crippen LogP contribution in [0.15, 0.2) is 24.3 Å². The molecule has 1 atom stereocenters. The van der Waals surface area contributed by atoms with E-state index in [2.05, 4.69) is 35.9 Å². The topological polar surface area (TPSA) is 52.3 Å². The molecule has 0 bridgehead atoms. The van der Waals surface area contributed by atoms with Crippen LogP contribution in [0.2, 0.25) is 0 Å². The number of benzene rings is 1. The highest BCUT2D eigenvalue weighted by molar-refractivity contribution is 5.69. The summed E-state index contributed by atoms with van der Waals surface area (Å²) in [7, 11) is 1.40. The third-order valence-electron chi connectivity index (χ3n) is 2.88. The molecular weight excluding hydrogens is 214 g/mol. The Hall–Kier alpha value is -1.35. The Labute approximate surface area is 103 Å². The molecular formula is C14H21NO2. The molecule has 0 saturated heterocycles. The Balaban J connectivity index is 2.39. The number of carbonyl (C=O) groups is 1. The van der Waals surface area contributed by atoms with Gasteiger partial charge in [-0.05, 0) is 30.4 Å². The van der Waals surface area contributed by atoms with Gasteiger partial charge < -0.3 is 10.5 Å². The molecule has 94 valence electrons. The van der Waals surface area contributed by atoms with Crippen molar-refractivity contribution in [2.45, 2.75) is 38.6 Å². The van der Waals surface area contributed by atoms with E-state index < -0.39 is 0 Å². The minimum Gasteiger partial charge on any atom is -0.469 e. The summed E-state index contributed by atoms with van der Waals surface area (Å²) in [6.45, 7) is 2.14. The van der Waals surface area contributed by atoms with E-state index in [0.717, 1.165) is 12.8 Å². The van der Waals surface area contributed by atoms with Gasteiger partial charge in [0.2, 0.25) is 0 Å². The van der Waals surface area contributed by atoms with Crippen LogP contribution < -0.4 is 5.73 Å². The van der Waals surface area contributed by atoms with E-state index in [9.17, 15) is 4.79 Å². The van der Waals surface area contributed by atoms with Gasteiger partial charge in [0.05, 0.1) is 7.11 Å². The van der Waals surface area contributed by atoms with Crippen LogP contribution in [0.5, 0.6) is 0 Å². The molecule has 17 heavy (non-hydrogen) atoms. The SMILES string of the molecule is CCc1ccc(CC(N)CCC(=O)OC)cc1. The molecule has 3 nitrogen and oxygen atoms in total. The van der Waals surface area contributed by atoms with Crippen LogP contribution in [-0.4, -0.2) is 19.1 Å². The Kier molecular flexibility index (Phi) is 5.70. The maximum absolute atomic E-state index is 11.0. The average Bonchev–Trinajstić information content (AvgIpc) is 2.36. The van der Waals surface area contributed by atoms with E-state index in [0.29, 0.717) is 12.8 Å². The quantitative estimate of drug-likeness (QED) is 0.768. The van der Waals surface area contributed by atoms with E-state index in [4.69, 9.17) is 5.73 Å². The van der Waals surface area contributed by atoms with E-state index in [1.165, 1.54) is 18.2 Å². The molecule has 0 aromatic heterocycles. The van der Waals surface area contributed by atoms with Crippen molar-refractivity contribution in [1.29, 1.82) is 0 Å². The lowest BCUT2D eigenvalue weighted by atomic mass is 10.0. The zero-order chi connectivity index (χ0) is 12.7. The fourth-order valence-electron chi connectivity index (χ4n) is 1.72. The summed E-state index contributed by atoms with van der Waals surface area (Å²) in [5, 5.41) is 0. The maximum Gasteiger partial charge on any atom is 0.305 e. The first-order valence-corrected chi connectivity index (χ1v) is 6.06. The highest BCUT2D eigenvalue weighted by atomic mass is 16.5. The normalized spacial score (nSPS) is 12.2. The van der Waals surface area contributed by atoms with Crippen LogP contribution in [0.3, 0.4) is 0 Å². The molecule has 1 aromatic rings. The number of carbonyl (C=O) groups excluding carboxylic acids is 1. The summed E-state index contributed by atoms with van der Waals surface area (Å²) in [4.78, 5) is 11.0. The second-order valence-corrected chi connectivity index (χ2v) is 4.25. The highest BCUT2D eigenvalue weighted by Gasteiger charge is 2.07. The fraction of sp³-hybridized carbons (Fsp3) is 0.500. The van der Waals surface area contributed by atoms with Crippen LogP contribution in [-0.2, 0) is 22.4 Å². The molecule has 0 aliphatic carbocycles. The zero-order valence-corrected chi connectivity index (χ0v) is 10.6. The number of hydrogen-bond acceptors (Lipinski definition) is 3. The first kappa shape index (κ1) is 13.7. The molecule has 0 fully saturated rings. The number of methoxy groups -OCH3 is 1. The van der Waals surface area contributed by atoms with Crippen LogP contribution in [0, 0.1) is 0 Å². The second-order valence-electron chi connectivity index (χ2n) is 4.25. The molecule has 0 aliphatic heterocycles. The Morgan fingerprint density at radius 2 is 1.88 bits per heavy atom. The average molecular weight is 235 g/mol. The monoisotopic (exact) mass is 235 g/mol. The largest absolute Gasteiger partial charge is 0.469 e. The summed E-state index contributed by atoms with van der Waals surface area (Å²) in [6.07, 6.45) is 2.92. The predicted molar refractivity (Wildman–Crippen MR) is 68.7 cm³/mol. The van der Waals surface area contributed by atoms with Crippen molar-refractivity contribution in [2.24, 2.45) is 5.73 Å². The van der Waals surface area contributed by atoms with Crippen LogP contribution >= 0.6 is 0 Å². The van der Waals surface area contributed by atoms with E-state index >= 15 is 0 Å². The van der Waals surface area contributed by atoms with Gasteiger partial charge in [-0.3, -0.25) is 4.79 Å². The molecule has 3 heteroatoms. The van der Waals surface area contributed by atoms with Crippen LogP contribution in [0.25, 0.3) is 0 Å². The van der Waals surface area contributed by atoms with Crippen LogP contribution in [0.4, 0.5) is 0 Å². The molecule has 0 heterocycles. The molecule has 1 unspecified atom stereocenters. The molecule has 1 aromatic carbocycles. The van der Waals surface area contributed by atoms with Crippen molar-refractivity contribution >= 4 is 5.97 Å². The highest BCUT2D eigenvalue weighted by Crippen LogP contribution is 2.09. The second kappa shape index (κ2) is 7.07. The first-order chi connectivity index (χ1) is 8.15. The Morgan fingerprint density at radius 3 is 2.41 bits per heavy atom. The molecule has 0 saturated carbocycles. The molecule has 2 N–H and O–H groups in total. The van der Waals surface area contributed by atoms with Crippen molar-refractivity contribution in [3.05, 3.63) is 35.4 Å². The van der Waals surface area contributed by atoms with Gasteiger partial charge in [0.1, 0.15) is 0 Å². The summed E-state index contributed by atoms with van der Waals surface area (Å²) < 4.78 is 4.59. The summed E-state index contributed by atoms with van der Waals surface area (Å²) >= 11 is 0. The molecule has 0 aliphatic rings. The van der Waals surface area contributed by atoms with Gasteiger partial charge in [0.15, 0.2) is 0 Å². The maximum atomic E-state index is 11.0. The summed E-state index contributed by atoms with van der Waals surface area (Å²) in [5.41, 5.74) is 8.52. The third-order valence-corrected chi connectivity index (χ3v) is 2.88. The van der Waals surface area contributed by atoms with Gasteiger partial charge in [-0.2, -0.15) is 0 Å². The fourth-order valence-corrected chi connectivity index (χ4v) is 1.72. The summed E-state index contributed by atoms with van der Waals surface area (Å²) in [6, 6.07) is 8.49. The van der Waals surface area contributed by atoms with Crippen molar-refractivity contribution in [1.82, 2.24) is 0 Å². The van der Waals surface area contributed by atoms with E-state index in [1.54, 1.807) is 0 Å². The number of ether oxygens (including phenoxy) is 1. The minimum atomic E-state index is -0.193. The van der Waals surface area contributed by atoms with Crippen molar-refractivity contribution in [2.75, 3.05) is 7.11 Å². The summed E-state index contributed by atoms with van der Waals surface area (Å²) in [5.74, 6) is -0.193. The Morgan fingerprint density at radius 1 is 1.29 bits per heavy atom. The minimum absolute atomic E-state index is 0.0153. The molecule has 0 amide bonds. The molecule has 0 radical (unpaired) electrons. The number of nitrogens with two attached hydrogens (primary N) is 1. The van der Waals surface area contributed by atoms with Crippen molar-refractivity contribution in [3.63, 3.8) is 0 Å². The lowest BCUT2D eigenvalue weighted by Gasteiger charge is -2.11. The van der Waals surface area contributed by atoms with Gasteiger partial charge in [0.25, 0.3) is 0 Å². The van der Waals surface area contributed by atoms with E-state index in [-0.39, 0.29) is 12.0 Å². The number of esters is 1. The molecule has 1 rings (SSSR count). The number of aryl methyl sites for hydroxylation is 1. The van der Waals surface area contributed by atoms with Gasteiger partial charge in [-0.25, -0.2) is 0 Å². The van der Waals surface area contributed by atoms with Gasteiger partial charge in [0, 0.05) is 12.5 Å². The van der Waals surface area contributed by atoms with Gasteiger partial charge >= 0.3 is 5.97 Å². The third kappa shape index (κ3) is 5.00. The number of hydrogen-bond donors (Lipinski definition) is 1. The van der Waals surface area contributed by atoms with Crippen molar-refractivity contribution in [3.8, 4) is 0 Å². The van der Waals surface area contributed by atoms with Crippen molar-refractivity contribution < 1.29 is 9.53 Å². The Bertz CT molecular complexity index is 346. The smallest absolute Gasteiger partial charge is 0.305 e. The lowest BCUT2D eigenvalue weighted by molar-refractivity contribution is -0.140. The first-order valence-electron chi connectivity index (χ1n) is 6.06. The van der Waals surface area contributed by atoms with E-state index in [1.807, 2.05) is 0 Å². The van der Waals surface area contributed by atoms with Crippen LogP contribution in [0.1, 0.15) is 30.9 Å². The standard InChI is InChI=1S/C14H21NO2/c1-3-11-4-6-12(7-5-11)10-13(15)8-9-14(16)17-2/h4-7,13H,3,8-10,15H2,1-2H3. The predicted octanol–water partition coefficient (Wildman–Crippen LogP) is 2.07. The van der Waals surface area contributed by atoms with Gasteiger partial charge in [-0.15, -0.1) is 0 Å². The zero-order valence-electron chi connectivity index (χ0n) is 10.6.